The average Bonchev–Trinajstić information content (AvgIpc) is 2.80. The molecule has 0 amide bonds. The predicted octanol–water partition coefficient (Wildman–Crippen LogP) is 3.85. The van der Waals surface area contributed by atoms with E-state index in [1.165, 1.54) is 37.7 Å². The summed E-state index contributed by atoms with van der Waals surface area (Å²) in [4.78, 5) is 18.5. The highest BCUT2D eigenvalue weighted by atomic mass is 35.5. The number of methoxy groups -OCH3 is 1. The first kappa shape index (κ1) is 15.6. The van der Waals surface area contributed by atoms with Gasteiger partial charge in [0.2, 0.25) is 0 Å². The lowest BCUT2D eigenvalue weighted by Gasteiger charge is -2.32. The highest BCUT2D eigenvalue weighted by Crippen LogP contribution is 2.33. The van der Waals surface area contributed by atoms with Gasteiger partial charge in [-0.1, -0.05) is 36.8 Å². The van der Waals surface area contributed by atoms with Gasteiger partial charge in [0.15, 0.2) is 15.2 Å². The largest absolute Gasteiger partial charge is 0.465 e. The summed E-state index contributed by atoms with van der Waals surface area (Å²) in [7, 11) is 1.36. The number of nitrogens with zero attached hydrogens (tertiary/aromatic N) is 2. The van der Waals surface area contributed by atoms with E-state index in [2.05, 4.69) is 23.7 Å². The van der Waals surface area contributed by atoms with E-state index < -0.39 is 5.97 Å². The summed E-state index contributed by atoms with van der Waals surface area (Å²) >= 11 is 7.33. The number of hydrogen-bond acceptors (Lipinski definition) is 5. The molecule has 0 atom stereocenters. The van der Waals surface area contributed by atoms with Crippen LogP contribution < -0.4 is 4.90 Å². The number of esters is 1. The number of carbonyl (C=O) groups excluding carboxylic acids is 1. The molecule has 0 spiro atoms. The van der Waals surface area contributed by atoms with Gasteiger partial charge in [-0.3, -0.25) is 0 Å². The molecule has 1 fully saturated rings. The van der Waals surface area contributed by atoms with Crippen molar-refractivity contribution in [2.24, 2.45) is 11.8 Å². The Hall–Kier alpha value is -0.810. The fraction of sp³-hybridized carbons (Fsp3) is 0.714. The van der Waals surface area contributed by atoms with Crippen LogP contribution in [0, 0.1) is 11.8 Å². The van der Waals surface area contributed by atoms with E-state index in [1.807, 2.05) is 0 Å². The van der Waals surface area contributed by atoms with Crippen LogP contribution in [0.15, 0.2) is 0 Å². The van der Waals surface area contributed by atoms with Crippen molar-refractivity contribution in [3.8, 4) is 0 Å². The van der Waals surface area contributed by atoms with Gasteiger partial charge in [-0.15, -0.1) is 0 Å². The molecule has 1 aromatic heterocycles. The molecule has 2 rings (SSSR count). The van der Waals surface area contributed by atoms with Crippen LogP contribution >= 0.6 is 22.9 Å². The second kappa shape index (κ2) is 6.76. The summed E-state index contributed by atoms with van der Waals surface area (Å²) in [6.45, 7) is 6.52. The molecule has 20 heavy (non-hydrogen) atoms. The Morgan fingerprint density at radius 3 is 2.70 bits per heavy atom. The second-order valence-corrected chi connectivity index (χ2v) is 7.00. The molecular weight excluding hydrogens is 296 g/mol. The van der Waals surface area contributed by atoms with Gasteiger partial charge >= 0.3 is 5.97 Å². The van der Waals surface area contributed by atoms with Crippen molar-refractivity contribution in [3.63, 3.8) is 0 Å². The zero-order valence-electron chi connectivity index (χ0n) is 12.2. The van der Waals surface area contributed by atoms with Gasteiger partial charge in [-0.2, -0.15) is 0 Å². The van der Waals surface area contributed by atoms with Crippen LogP contribution in [0.25, 0.3) is 0 Å². The molecule has 1 aliphatic rings. The van der Waals surface area contributed by atoms with Crippen molar-refractivity contribution in [2.75, 3.05) is 25.1 Å². The van der Waals surface area contributed by atoms with Crippen LogP contribution in [0.4, 0.5) is 5.13 Å². The monoisotopic (exact) mass is 316 g/mol. The number of carbonyl (C=O) groups is 1. The van der Waals surface area contributed by atoms with Crippen molar-refractivity contribution in [1.29, 1.82) is 0 Å². The number of rotatable bonds is 4. The molecule has 1 aromatic rings. The Balaban J connectivity index is 1.99. The van der Waals surface area contributed by atoms with Crippen LogP contribution in [-0.2, 0) is 4.74 Å². The van der Waals surface area contributed by atoms with Crippen LogP contribution in [0.2, 0.25) is 5.15 Å². The number of thiazole rings is 1. The van der Waals surface area contributed by atoms with E-state index in [4.69, 9.17) is 16.3 Å². The van der Waals surface area contributed by atoms with E-state index in [-0.39, 0.29) is 5.15 Å². The highest BCUT2D eigenvalue weighted by molar-refractivity contribution is 7.18. The topological polar surface area (TPSA) is 42.4 Å². The SMILES string of the molecule is COC(=O)c1sc(N2CCC(CC(C)C)CC2)nc1Cl. The summed E-state index contributed by atoms with van der Waals surface area (Å²) in [5.74, 6) is 1.15. The minimum absolute atomic E-state index is 0.251. The van der Waals surface area contributed by atoms with Gasteiger partial charge in [0.05, 0.1) is 7.11 Å². The predicted molar refractivity (Wildman–Crippen MR) is 82.9 cm³/mol. The normalized spacial score (nSPS) is 16.8. The first-order chi connectivity index (χ1) is 9.51. The number of ether oxygens (including phenoxy) is 1. The Labute approximate surface area is 129 Å². The standard InChI is InChI=1S/C14H21ClN2O2S/c1-9(2)8-10-4-6-17(7-5-10)14-16-12(15)11(20-14)13(18)19-3/h9-10H,4-8H2,1-3H3. The Morgan fingerprint density at radius 2 is 2.15 bits per heavy atom. The maximum absolute atomic E-state index is 11.5. The Bertz CT molecular complexity index is 468. The van der Waals surface area contributed by atoms with Gasteiger partial charge in [0.1, 0.15) is 0 Å². The Kier molecular flexibility index (Phi) is 5.27. The molecule has 4 nitrogen and oxygen atoms in total. The minimum Gasteiger partial charge on any atom is -0.465 e. The lowest BCUT2D eigenvalue weighted by Crippen LogP contribution is -2.33. The molecule has 112 valence electrons. The van der Waals surface area contributed by atoms with Crippen LogP contribution in [0.1, 0.15) is 42.8 Å². The quantitative estimate of drug-likeness (QED) is 0.791. The molecule has 6 heteroatoms. The molecule has 0 N–H and O–H groups in total. The third-order valence-electron chi connectivity index (χ3n) is 3.64. The van der Waals surface area contributed by atoms with Crippen LogP contribution in [0.5, 0.6) is 0 Å². The second-order valence-electron chi connectivity index (χ2n) is 5.67. The molecule has 2 heterocycles. The summed E-state index contributed by atoms with van der Waals surface area (Å²) in [5.41, 5.74) is 0. The minimum atomic E-state index is -0.409. The molecule has 1 saturated heterocycles. The van der Waals surface area contributed by atoms with E-state index in [1.54, 1.807) is 0 Å². The number of piperidine rings is 1. The number of aromatic nitrogens is 1. The molecule has 0 unspecified atom stereocenters. The third-order valence-corrected chi connectivity index (χ3v) is 5.12. The van der Waals surface area contributed by atoms with Crippen molar-refractivity contribution >= 4 is 34.0 Å². The van der Waals surface area contributed by atoms with Gasteiger partial charge in [-0.05, 0) is 31.1 Å². The number of halogens is 1. The summed E-state index contributed by atoms with van der Waals surface area (Å²) in [6.07, 6.45) is 3.66. The smallest absolute Gasteiger partial charge is 0.351 e. The van der Waals surface area contributed by atoms with E-state index >= 15 is 0 Å². The average molecular weight is 317 g/mol. The highest BCUT2D eigenvalue weighted by Gasteiger charge is 2.25. The van der Waals surface area contributed by atoms with Crippen molar-refractivity contribution < 1.29 is 9.53 Å². The fourth-order valence-corrected chi connectivity index (χ4v) is 3.92. The van der Waals surface area contributed by atoms with E-state index in [0.717, 1.165) is 30.1 Å². The first-order valence-corrected chi connectivity index (χ1v) is 8.20. The van der Waals surface area contributed by atoms with Gasteiger partial charge in [0, 0.05) is 13.1 Å². The summed E-state index contributed by atoms with van der Waals surface area (Å²) in [5, 5.41) is 1.08. The van der Waals surface area contributed by atoms with Crippen molar-refractivity contribution in [1.82, 2.24) is 4.98 Å². The van der Waals surface area contributed by atoms with Gasteiger partial charge in [-0.25, -0.2) is 9.78 Å². The lowest BCUT2D eigenvalue weighted by molar-refractivity contribution is 0.0606. The van der Waals surface area contributed by atoms with E-state index in [0.29, 0.717) is 4.88 Å². The Morgan fingerprint density at radius 1 is 1.50 bits per heavy atom. The van der Waals surface area contributed by atoms with Gasteiger partial charge in [0.25, 0.3) is 0 Å². The first-order valence-electron chi connectivity index (χ1n) is 7.00. The maximum Gasteiger partial charge on any atom is 0.351 e. The molecule has 0 aromatic carbocycles. The molecule has 1 aliphatic heterocycles. The van der Waals surface area contributed by atoms with Crippen LogP contribution in [0.3, 0.4) is 0 Å². The summed E-state index contributed by atoms with van der Waals surface area (Å²) < 4.78 is 4.71. The molecule has 0 aliphatic carbocycles. The molecule has 0 radical (unpaired) electrons. The maximum atomic E-state index is 11.5. The number of hydrogen-bond donors (Lipinski definition) is 0. The van der Waals surface area contributed by atoms with E-state index in [9.17, 15) is 4.79 Å². The lowest BCUT2D eigenvalue weighted by atomic mass is 9.89. The number of anilines is 1. The molecule has 0 saturated carbocycles. The van der Waals surface area contributed by atoms with Crippen LogP contribution in [-0.4, -0.2) is 31.2 Å². The van der Waals surface area contributed by atoms with Crippen molar-refractivity contribution in [3.05, 3.63) is 10.0 Å². The molecule has 0 bridgehead atoms. The molecular formula is C14H21ClN2O2S. The van der Waals surface area contributed by atoms with Crippen molar-refractivity contribution in [2.45, 2.75) is 33.1 Å². The fourth-order valence-electron chi connectivity index (χ4n) is 2.67. The third kappa shape index (κ3) is 3.64. The summed E-state index contributed by atoms with van der Waals surface area (Å²) in [6, 6.07) is 0. The zero-order chi connectivity index (χ0) is 14.7. The zero-order valence-corrected chi connectivity index (χ0v) is 13.8. The van der Waals surface area contributed by atoms with Gasteiger partial charge < -0.3 is 9.64 Å².